The van der Waals surface area contributed by atoms with Crippen LogP contribution in [-0.4, -0.2) is 23.2 Å². The van der Waals surface area contributed by atoms with Crippen molar-refractivity contribution >= 4 is 11.6 Å². The molecule has 0 aromatic heterocycles. The third-order valence-corrected chi connectivity index (χ3v) is 3.64. The normalized spacial score (nSPS) is 17.7. The average molecular weight is 248 g/mol. The molecular weight excluding hydrogens is 228 g/mol. The van der Waals surface area contributed by atoms with Crippen molar-refractivity contribution in [3.8, 4) is 0 Å². The fourth-order valence-electron chi connectivity index (χ4n) is 2.37. The minimum absolute atomic E-state index is 0.154. The van der Waals surface area contributed by atoms with Crippen LogP contribution in [0.25, 0.3) is 0 Å². The predicted octanol–water partition coefficient (Wildman–Crippen LogP) is 1.61. The molecule has 1 aromatic rings. The van der Waals surface area contributed by atoms with Crippen LogP contribution in [-0.2, 0) is 0 Å². The number of rotatable bonds is 3. The lowest BCUT2D eigenvalue weighted by Gasteiger charge is -2.22. The highest BCUT2D eigenvalue weighted by atomic mass is 16.3. The van der Waals surface area contributed by atoms with E-state index >= 15 is 0 Å². The zero-order valence-electron chi connectivity index (χ0n) is 10.7. The molecule has 1 saturated carbocycles. The summed E-state index contributed by atoms with van der Waals surface area (Å²) in [6, 6.07) is 5.20. The van der Waals surface area contributed by atoms with E-state index in [2.05, 4.69) is 5.32 Å². The van der Waals surface area contributed by atoms with Gasteiger partial charge in [0.15, 0.2) is 0 Å². The molecule has 0 bridgehead atoms. The average Bonchev–Trinajstić information content (AvgIpc) is 2.77. The van der Waals surface area contributed by atoms with Gasteiger partial charge in [0, 0.05) is 17.8 Å². The third-order valence-electron chi connectivity index (χ3n) is 3.64. The molecule has 0 heterocycles. The lowest BCUT2D eigenvalue weighted by Crippen LogP contribution is -2.40. The topological polar surface area (TPSA) is 75.3 Å². The first-order valence-electron chi connectivity index (χ1n) is 6.37. The van der Waals surface area contributed by atoms with Crippen molar-refractivity contribution in [3.63, 3.8) is 0 Å². The van der Waals surface area contributed by atoms with Gasteiger partial charge in [0.25, 0.3) is 5.91 Å². The van der Waals surface area contributed by atoms with Crippen molar-refractivity contribution in [2.24, 2.45) is 0 Å². The van der Waals surface area contributed by atoms with Crippen LogP contribution in [0.2, 0.25) is 0 Å². The van der Waals surface area contributed by atoms with E-state index in [9.17, 15) is 9.90 Å². The summed E-state index contributed by atoms with van der Waals surface area (Å²) in [4.78, 5) is 11.9. The van der Waals surface area contributed by atoms with E-state index in [1.54, 1.807) is 18.2 Å². The Balaban J connectivity index is 1.97. The Morgan fingerprint density at radius 3 is 2.72 bits per heavy atom. The van der Waals surface area contributed by atoms with Gasteiger partial charge in [-0.1, -0.05) is 12.8 Å². The number of aliphatic hydroxyl groups is 1. The number of hydrogen-bond acceptors (Lipinski definition) is 3. The standard InChI is InChI=1S/C14H20N2O2/c1-10-8-11(4-5-12(10)15)13(17)16-9-14(18)6-2-3-7-14/h4-5,8,18H,2-3,6-7,9,15H2,1H3,(H,16,17). The first kappa shape index (κ1) is 12.9. The minimum Gasteiger partial charge on any atom is -0.399 e. The van der Waals surface area contributed by atoms with Crippen LogP contribution in [0, 0.1) is 6.92 Å². The van der Waals surface area contributed by atoms with Crippen molar-refractivity contribution in [1.29, 1.82) is 0 Å². The fourth-order valence-corrected chi connectivity index (χ4v) is 2.37. The summed E-state index contributed by atoms with van der Waals surface area (Å²) in [5.74, 6) is -0.154. The van der Waals surface area contributed by atoms with Crippen molar-refractivity contribution in [2.75, 3.05) is 12.3 Å². The summed E-state index contributed by atoms with van der Waals surface area (Å²) in [7, 11) is 0. The van der Waals surface area contributed by atoms with Gasteiger partial charge in [-0.3, -0.25) is 4.79 Å². The molecule has 0 unspecified atom stereocenters. The van der Waals surface area contributed by atoms with Gasteiger partial charge in [0.2, 0.25) is 0 Å². The van der Waals surface area contributed by atoms with Crippen LogP contribution in [0.15, 0.2) is 18.2 Å². The van der Waals surface area contributed by atoms with Gasteiger partial charge in [0.1, 0.15) is 0 Å². The number of hydrogen-bond donors (Lipinski definition) is 3. The number of amides is 1. The smallest absolute Gasteiger partial charge is 0.251 e. The Hall–Kier alpha value is -1.55. The molecule has 4 heteroatoms. The first-order chi connectivity index (χ1) is 8.50. The van der Waals surface area contributed by atoms with E-state index in [1.165, 1.54) is 0 Å². The Morgan fingerprint density at radius 2 is 2.11 bits per heavy atom. The summed E-state index contributed by atoms with van der Waals surface area (Å²) >= 11 is 0. The van der Waals surface area contributed by atoms with E-state index in [1.807, 2.05) is 6.92 Å². The lowest BCUT2D eigenvalue weighted by molar-refractivity contribution is 0.0449. The van der Waals surface area contributed by atoms with Crippen molar-refractivity contribution in [2.45, 2.75) is 38.2 Å². The molecule has 0 radical (unpaired) electrons. The number of nitrogen functional groups attached to an aromatic ring is 1. The zero-order valence-corrected chi connectivity index (χ0v) is 10.7. The zero-order chi connectivity index (χ0) is 13.2. The van der Waals surface area contributed by atoms with Crippen molar-refractivity contribution in [3.05, 3.63) is 29.3 Å². The SMILES string of the molecule is Cc1cc(C(=O)NCC2(O)CCCC2)ccc1N. The van der Waals surface area contributed by atoms with Gasteiger partial charge in [-0.05, 0) is 43.5 Å². The monoisotopic (exact) mass is 248 g/mol. The summed E-state index contributed by atoms with van der Waals surface area (Å²) in [6.45, 7) is 2.20. The molecule has 1 aliphatic carbocycles. The second-order valence-corrected chi connectivity index (χ2v) is 5.19. The number of carbonyl (C=O) groups is 1. The quantitative estimate of drug-likeness (QED) is 0.711. The molecule has 4 nitrogen and oxygen atoms in total. The van der Waals surface area contributed by atoms with E-state index in [0.29, 0.717) is 17.8 Å². The van der Waals surface area contributed by atoms with Crippen LogP contribution >= 0.6 is 0 Å². The molecule has 0 saturated heterocycles. The van der Waals surface area contributed by atoms with Crippen LogP contribution in [0.4, 0.5) is 5.69 Å². The molecule has 1 amide bonds. The van der Waals surface area contributed by atoms with Crippen molar-refractivity contribution < 1.29 is 9.90 Å². The lowest BCUT2D eigenvalue weighted by atomic mass is 10.0. The van der Waals surface area contributed by atoms with Gasteiger partial charge in [0.05, 0.1) is 5.60 Å². The molecule has 18 heavy (non-hydrogen) atoms. The van der Waals surface area contributed by atoms with E-state index in [0.717, 1.165) is 31.2 Å². The highest BCUT2D eigenvalue weighted by Gasteiger charge is 2.31. The highest BCUT2D eigenvalue weighted by Crippen LogP contribution is 2.28. The highest BCUT2D eigenvalue weighted by molar-refractivity contribution is 5.94. The Labute approximate surface area is 107 Å². The molecular formula is C14H20N2O2. The summed E-state index contributed by atoms with van der Waals surface area (Å²) in [5.41, 5.74) is 7.16. The maximum Gasteiger partial charge on any atom is 0.251 e. The van der Waals surface area contributed by atoms with Crippen molar-refractivity contribution in [1.82, 2.24) is 5.32 Å². The molecule has 1 aromatic carbocycles. The predicted molar refractivity (Wildman–Crippen MR) is 71.3 cm³/mol. The molecule has 2 rings (SSSR count). The van der Waals surface area contributed by atoms with E-state index in [4.69, 9.17) is 5.73 Å². The number of benzene rings is 1. The van der Waals surface area contributed by atoms with E-state index in [-0.39, 0.29) is 5.91 Å². The van der Waals surface area contributed by atoms with Gasteiger partial charge in [-0.2, -0.15) is 0 Å². The molecule has 4 N–H and O–H groups in total. The van der Waals surface area contributed by atoms with Crippen LogP contribution < -0.4 is 11.1 Å². The van der Waals surface area contributed by atoms with Crippen LogP contribution in [0.1, 0.15) is 41.6 Å². The Morgan fingerprint density at radius 1 is 1.44 bits per heavy atom. The van der Waals surface area contributed by atoms with Crippen LogP contribution in [0.3, 0.4) is 0 Å². The second-order valence-electron chi connectivity index (χ2n) is 5.19. The van der Waals surface area contributed by atoms with Gasteiger partial charge in [-0.15, -0.1) is 0 Å². The first-order valence-corrected chi connectivity index (χ1v) is 6.37. The van der Waals surface area contributed by atoms with Gasteiger partial charge >= 0.3 is 0 Å². The third kappa shape index (κ3) is 2.82. The largest absolute Gasteiger partial charge is 0.399 e. The number of anilines is 1. The number of aryl methyl sites for hydroxylation is 1. The van der Waals surface area contributed by atoms with Gasteiger partial charge in [-0.25, -0.2) is 0 Å². The van der Waals surface area contributed by atoms with Gasteiger partial charge < -0.3 is 16.2 Å². The number of nitrogens with one attached hydrogen (secondary N) is 1. The number of carbonyl (C=O) groups excluding carboxylic acids is 1. The minimum atomic E-state index is -0.710. The molecule has 1 fully saturated rings. The fraction of sp³-hybridized carbons (Fsp3) is 0.500. The molecule has 0 aliphatic heterocycles. The Bertz CT molecular complexity index is 451. The van der Waals surface area contributed by atoms with E-state index < -0.39 is 5.60 Å². The second kappa shape index (κ2) is 4.98. The number of nitrogens with two attached hydrogens (primary N) is 1. The molecule has 0 atom stereocenters. The summed E-state index contributed by atoms with van der Waals surface area (Å²) in [5, 5.41) is 12.9. The summed E-state index contributed by atoms with van der Waals surface area (Å²) in [6.07, 6.45) is 3.61. The Kier molecular flexibility index (Phi) is 3.57. The maximum absolute atomic E-state index is 11.9. The molecule has 98 valence electrons. The summed E-state index contributed by atoms with van der Waals surface area (Å²) < 4.78 is 0. The maximum atomic E-state index is 11.9. The van der Waals surface area contributed by atoms with Crippen LogP contribution in [0.5, 0.6) is 0 Å². The molecule has 1 aliphatic rings. The molecule has 0 spiro atoms.